The van der Waals surface area contributed by atoms with Gasteiger partial charge in [0, 0.05) is 5.02 Å². The summed E-state index contributed by atoms with van der Waals surface area (Å²) in [4.78, 5) is 12.1. The van der Waals surface area contributed by atoms with Crippen LogP contribution in [0.3, 0.4) is 0 Å². The molecule has 2 amide bonds. The van der Waals surface area contributed by atoms with E-state index in [1.54, 1.807) is 18.2 Å². The molecule has 6 nitrogen and oxygen atoms in total. The van der Waals surface area contributed by atoms with E-state index in [2.05, 4.69) is 46.8 Å². The zero-order valence-corrected chi connectivity index (χ0v) is 18.2. The van der Waals surface area contributed by atoms with Crippen molar-refractivity contribution in [2.24, 2.45) is 0 Å². The molecule has 0 radical (unpaired) electrons. The summed E-state index contributed by atoms with van der Waals surface area (Å²) in [6.45, 7) is 4.63. The first-order valence-electron chi connectivity index (χ1n) is 9.02. The molecule has 3 rings (SSSR count). The maximum atomic E-state index is 12.1. The Morgan fingerprint density at radius 1 is 1.14 bits per heavy atom. The third-order valence-corrected chi connectivity index (χ3v) is 5.65. The van der Waals surface area contributed by atoms with Crippen molar-refractivity contribution >= 4 is 51.4 Å². The number of nitrogens with zero attached hydrogens (tertiary/aromatic N) is 2. The molecule has 2 aromatic carbocycles. The molecule has 9 heteroatoms. The van der Waals surface area contributed by atoms with E-state index in [1.165, 1.54) is 16.9 Å². The van der Waals surface area contributed by atoms with E-state index in [-0.39, 0.29) is 6.61 Å². The van der Waals surface area contributed by atoms with Gasteiger partial charge in [-0.2, -0.15) is 0 Å². The number of carbonyl (C=O) groups is 1. The summed E-state index contributed by atoms with van der Waals surface area (Å²) < 4.78 is 5.75. The highest BCUT2D eigenvalue weighted by Crippen LogP contribution is 2.26. The molecule has 152 valence electrons. The molecule has 0 saturated heterocycles. The van der Waals surface area contributed by atoms with Crippen molar-refractivity contribution < 1.29 is 9.53 Å². The molecule has 0 aliphatic rings. The lowest BCUT2D eigenvalue weighted by molar-refractivity contribution is 0.262. The number of aromatic nitrogens is 2. The molecule has 0 fully saturated rings. The maximum Gasteiger partial charge on any atom is 0.325 e. The highest BCUT2D eigenvalue weighted by atomic mass is 35.5. The van der Waals surface area contributed by atoms with Crippen LogP contribution < -0.4 is 15.4 Å². The van der Waals surface area contributed by atoms with Gasteiger partial charge in [-0.1, -0.05) is 60.5 Å². The molecule has 1 heterocycles. The molecular formula is C20H20Cl2N4O2S. The van der Waals surface area contributed by atoms with Crippen LogP contribution in [-0.2, 0) is 6.61 Å². The molecule has 0 saturated carbocycles. The summed E-state index contributed by atoms with van der Waals surface area (Å²) in [7, 11) is 0. The number of hydrogen-bond donors (Lipinski definition) is 2. The van der Waals surface area contributed by atoms with Gasteiger partial charge in [-0.3, -0.25) is 5.32 Å². The smallest absolute Gasteiger partial charge is 0.325 e. The van der Waals surface area contributed by atoms with Crippen molar-refractivity contribution in [3.05, 3.63) is 63.1 Å². The fraction of sp³-hybridized carbons (Fsp3) is 0.250. The number of anilines is 2. The van der Waals surface area contributed by atoms with Crippen molar-refractivity contribution in [1.29, 1.82) is 0 Å². The van der Waals surface area contributed by atoms with Gasteiger partial charge in [-0.05, 0) is 48.2 Å². The van der Waals surface area contributed by atoms with Gasteiger partial charge in [-0.15, -0.1) is 10.2 Å². The Hall–Kier alpha value is -2.35. The van der Waals surface area contributed by atoms with Gasteiger partial charge in [-0.25, -0.2) is 4.79 Å². The summed E-state index contributed by atoms with van der Waals surface area (Å²) in [5, 5.41) is 15.1. The number of carbonyl (C=O) groups excluding carboxylic acids is 1. The minimum absolute atomic E-state index is 0.270. The molecular weight excluding hydrogens is 431 g/mol. The minimum atomic E-state index is -0.474. The van der Waals surface area contributed by atoms with E-state index >= 15 is 0 Å². The van der Waals surface area contributed by atoms with Gasteiger partial charge in [0.25, 0.3) is 0 Å². The van der Waals surface area contributed by atoms with Crippen LogP contribution >= 0.6 is 34.5 Å². The zero-order chi connectivity index (χ0) is 20.8. The number of amides is 2. The van der Waals surface area contributed by atoms with Crippen LogP contribution in [0.1, 0.15) is 36.8 Å². The van der Waals surface area contributed by atoms with Crippen molar-refractivity contribution in [2.45, 2.75) is 32.8 Å². The van der Waals surface area contributed by atoms with Crippen molar-refractivity contribution in [3.8, 4) is 5.75 Å². The Bertz CT molecular complexity index is 979. The summed E-state index contributed by atoms with van der Waals surface area (Å²) in [6, 6.07) is 12.4. The van der Waals surface area contributed by atoms with Crippen LogP contribution in [-0.4, -0.2) is 16.2 Å². The summed E-state index contributed by atoms with van der Waals surface area (Å²) in [6.07, 6.45) is 1.10. The van der Waals surface area contributed by atoms with E-state index < -0.39 is 6.03 Å². The number of hydrogen-bond acceptors (Lipinski definition) is 5. The lowest BCUT2D eigenvalue weighted by Gasteiger charge is -2.10. The maximum absolute atomic E-state index is 12.1. The van der Waals surface area contributed by atoms with Gasteiger partial charge < -0.3 is 10.1 Å². The Morgan fingerprint density at radius 3 is 2.59 bits per heavy atom. The molecule has 0 aliphatic heterocycles. The van der Waals surface area contributed by atoms with Crippen LogP contribution in [0.5, 0.6) is 5.75 Å². The van der Waals surface area contributed by atoms with Crippen LogP contribution in [0.15, 0.2) is 42.5 Å². The largest absolute Gasteiger partial charge is 0.486 e. The number of ether oxygens (including phenoxy) is 1. The highest BCUT2D eigenvalue weighted by molar-refractivity contribution is 7.15. The molecule has 0 unspecified atom stereocenters. The molecule has 1 aromatic heterocycles. The molecule has 0 spiro atoms. The standard InChI is InChI=1S/C20H20Cl2N4O2S/c1-3-12(2)13-4-7-15(8-5-13)28-11-18-25-26-20(29-18)24-19(27)23-17-9-6-14(21)10-16(17)22/h4-10,12H,3,11H2,1-2H3,(H2,23,24,26,27)/t12-/m1/s1. The van der Waals surface area contributed by atoms with Gasteiger partial charge in [0.1, 0.15) is 12.4 Å². The van der Waals surface area contributed by atoms with Crippen LogP contribution in [0.4, 0.5) is 15.6 Å². The molecule has 2 N–H and O–H groups in total. The normalized spacial score (nSPS) is 11.7. The van der Waals surface area contributed by atoms with Crippen LogP contribution in [0, 0.1) is 0 Å². The van der Waals surface area contributed by atoms with Crippen LogP contribution in [0.25, 0.3) is 0 Å². The molecule has 3 aromatic rings. The lowest BCUT2D eigenvalue weighted by Crippen LogP contribution is -2.19. The summed E-state index contributed by atoms with van der Waals surface area (Å²) in [5.41, 5.74) is 1.73. The number of benzene rings is 2. The lowest BCUT2D eigenvalue weighted by atomic mass is 9.99. The number of rotatable bonds is 7. The fourth-order valence-corrected chi connectivity index (χ4v) is 3.58. The number of urea groups is 1. The Morgan fingerprint density at radius 2 is 1.90 bits per heavy atom. The second kappa shape index (κ2) is 9.91. The Labute approximate surface area is 183 Å². The average molecular weight is 451 g/mol. The van der Waals surface area contributed by atoms with Gasteiger partial charge in [0.15, 0.2) is 5.01 Å². The zero-order valence-electron chi connectivity index (χ0n) is 15.9. The Kier molecular flexibility index (Phi) is 7.30. The van der Waals surface area contributed by atoms with Crippen LogP contribution in [0.2, 0.25) is 10.0 Å². The fourth-order valence-electron chi connectivity index (χ4n) is 2.48. The second-order valence-corrected chi connectivity index (χ2v) is 8.28. The van der Waals surface area contributed by atoms with Crippen molar-refractivity contribution in [3.63, 3.8) is 0 Å². The van der Waals surface area contributed by atoms with Gasteiger partial charge >= 0.3 is 6.03 Å². The van der Waals surface area contributed by atoms with Crippen molar-refractivity contribution in [2.75, 3.05) is 10.6 Å². The monoisotopic (exact) mass is 450 g/mol. The quantitative estimate of drug-likeness (QED) is 0.425. The summed E-state index contributed by atoms with van der Waals surface area (Å²) >= 11 is 13.1. The van der Waals surface area contributed by atoms with E-state index in [4.69, 9.17) is 27.9 Å². The van der Waals surface area contributed by atoms with E-state index in [0.717, 1.165) is 12.2 Å². The third kappa shape index (κ3) is 6.06. The van der Waals surface area contributed by atoms with Crippen molar-refractivity contribution in [1.82, 2.24) is 10.2 Å². The number of nitrogens with one attached hydrogen (secondary N) is 2. The Balaban J connectivity index is 1.52. The molecule has 1 atom stereocenters. The summed E-state index contributed by atoms with van der Waals surface area (Å²) in [5.74, 6) is 1.28. The predicted molar refractivity (Wildman–Crippen MR) is 118 cm³/mol. The predicted octanol–water partition coefficient (Wildman–Crippen LogP) is 6.58. The second-order valence-electron chi connectivity index (χ2n) is 6.37. The third-order valence-electron chi connectivity index (χ3n) is 4.29. The first-order valence-corrected chi connectivity index (χ1v) is 10.6. The number of halogens is 2. The van der Waals surface area contributed by atoms with E-state index in [1.807, 2.05) is 12.1 Å². The van der Waals surface area contributed by atoms with Gasteiger partial charge in [0.2, 0.25) is 5.13 Å². The molecule has 0 bridgehead atoms. The minimum Gasteiger partial charge on any atom is -0.486 e. The average Bonchev–Trinajstić information content (AvgIpc) is 3.15. The molecule has 29 heavy (non-hydrogen) atoms. The molecule has 0 aliphatic carbocycles. The highest BCUT2D eigenvalue weighted by Gasteiger charge is 2.11. The van der Waals surface area contributed by atoms with E-state index in [0.29, 0.717) is 31.8 Å². The SMILES string of the molecule is CC[C@@H](C)c1ccc(OCc2nnc(NC(=O)Nc3ccc(Cl)cc3Cl)s2)cc1. The first-order chi connectivity index (χ1) is 13.9. The first kappa shape index (κ1) is 21.4. The van der Waals surface area contributed by atoms with E-state index in [9.17, 15) is 4.79 Å². The topological polar surface area (TPSA) is 76.1 Å². The van der Waals surface area contributed by atoms with Gasteiger partial charge in [0.05, 0.1) is 10.7 Å².